The molecule has 0 spiro atoms. The zero-order chi connectivity index (χ0) is 22.8. The Morgan fingerprint density at radius 1 is 1.03 bits per heavy atom. The fourth-order valence-corrected chi connectivity index (χ4v) is 3.95. The second kappa shape index (κ2) is 10.2. The molecule has 1 amide bonds. The molecule has 0 bridgehead atoms. The van der Waals surface area contributed by atoms with E-state index in [2.05, 4.69) is 15.9 Å². The van der Waals surface area contributed by atoms with Crippen LogP contribution >= 0.6 is 28.3 Å². The van der Waals surface area contributed by atoms with Crippen molar-refractivity contribution in [3.8, 4) is 5.75 Å². The number of rotatable bonds is 4. The van der Waals surface area contributed by atoms with Crippen LogP contribution in [0.1, 0.15) is 26.3 Å². The Morgan fingerprint density at radius 3 is 2.42 bits per heavy atom. The van der Waals surface area contributed by atoms with Crippen LogP contribution in [0.2, 0.25) is 0 Å². The second-order valence-electron chi connectivity index (χ2n) is 7.30. The molecule has 4 rings (SSSR count). The number of ketones is 1. The number of phenols is 1. The number of piperazine rings is 1. The predicted molar refractivity (Wildman–Crippen MR) is 126 cm³/mol. The van der Waals surface area contributed by atoms with Crippen molar-refractivity contribution >= 4 is 45.7 Å². The summed E-state index contributed by atoms with van der Waals surface area (Å²) >= 11 is 3.26. The zero-order valence-corrected chi connectivity index (χ0v) is 19.7. The Balaban J connectivity index is 0.00000306. The number of aromatic hydroxyl groups is 1. The van der Waals surface area contributed by atoms with Crippen LogP contribution in [0.25, 0.3) is 0 Å². The fourth-order valence-electron chi connectivity index (χ4n) is 3.59. The third kappa shape index (κ3) is 5.09. The molecule has 10 heteroatoms. The van der Waals surface area contributed by atoms with E-state index in [1.807, 2.05) is 4.90 Å². The maximum atomic E-state index is 14.0. The molecule has 2 heterocycles. The van der Waals surface area contributed by atoms with E-state index in [1.54, 1.807) is 29.2 Å². The zero-order valence-electron chi connectivity index (χ0n) is 17.3. The van der Waals surface area contributed by atoms with Crippen molar-refractivity contribution in [2.45, 2.75) is 0 Å². The van der Waals surface area contributed by atoms with Crippen LogP contribution in [-0.4, -0.2) is 47.9 Å². The Hall–Kier alpha value is -3.17. The lowest BCUT2D eigenvalue weighted by Gasteiger charge is -2.36. The number of nitrogens with one attached hydrogen (secondary N) is 1. The lowest BCUT2D eigenvalue weighted by atomic mass is 10.0. The maximum absolute atomic E-state index is 14.0. The number of hydrogen-bond acceptors (Lipinski definition) is 6. The number of phenolic OH excluding ortho intramolecular Hbond substituents is 1. The number of anilines is 1. The molecule has 0 radical (unpaired) electrons. The number of nitrogens with zero attached hydrogens (tertiary/aromatic N) is 2. The molecule has 1 saturated heterocycles. The predicted octanol–water partition coefficient (Wildman–Crippen LogP) is 3.98. The molecule has 0 aliphatic carbocycles. The molecule has 1 fully saturated rings. The molecular formula is C23H20BrClFN3O4. The first-order chi connectivity index (χ1) is 15.3. The van der Waals surface area contributed by atoms with Crippen molar-refractivity contribution in [3.63, 3.8) is 0 Å². The van der Waals surface area contributed by atoms with Gasteiger partial charge in [0.25, 0.3) is 5.91 Å². The van der Waals surface area contributed by atoms with E-state index in [0.717, 1.165) is 6.26 Å². The average Bonchev–Trinajstić information content (AvgIpc) is 2.80. The highest BCUT2D eigenvalue weighted by atomic mass is 79.9. The molecule has 2 N–H and O–H groups in total. The van der Waals surface area contributed by atoms with E-state index in [1.165, 1.54) is 24.3 Å². The second-order valence-corrected chi connectivity index (χ2v) is 8.22. The van der Waals surface area contributed by atoms with Gasteiger partial charge in [-0.1, -0.05) is 28.1 Å². The monoisotopic (exact) mass is 535 g/mol. The number of benzene rings is 2. The third-order valence-corrected chi connectivity index (χ3v) is 5.80. The lowest BCUT2D eigenvalue weighted by molar-refractivity contribution is 0.0741. The van der Waals surface area contributed by atoms with Crippen molar-refractivity contribution in [2.24, 2.45) is 0 Å². The fraction of sp³-hybridized carbons (Fsp3) is 0.174. The normalized spacial score (nSPS) is 13.4. The largest absolute Gasteiger partial charge is 0.507 e. The van der Waals surface area contributed by atoms with Gasteiger partial charge in [-0.15, -0.1) is 12.4 Å². The van der Waals surface area contributed by atoms with Gasteiger partial charge in [-0.25, -0.2) is 4.39 Å². The summed E-state index contributed by atoms with van der Waals surface area (Å²) in [6.07, 6.45) is 1.10. The van der Waals surface area contributed by atoms with E-state index < -0.39 is 11.7 Å². The molecule has 0 unspecified atom stereocenters. The van der Waals surface area contributed by atoms with Gasteiger partial charge >= 0.3 is 0 Å². The Labute approximate surface area is 203 Å². The molecule has 2 aromatic carbocycles. The number of carbonyl (C=O) groups is 2. The van der Waals surface area contributed by atoms with E-state index in [-0.39, 0.29) is 46.2 Å². The first-order valence-corrected chi connectivity index (χ1v) is 10.6. The summed E-state index contributed by atoms with van der Waals surface area (Å²) in [5.41, 5.74) is 0.162. The number of hydrogen-bond donors (Lipinski definition) is 2. The summed E-state index contributed by atoms with van der Waals surface area (Å²) in [6, 6.07) is 12.2. The summed E-state index contributed by atoms with van der Waals surface area (Å²) in [5, 5.41) is 18.0. The van der Waals surface area contributed by atoms with Gasteiger partial charge in [-0.3, -0.25) is 15.0 Å². The smallest absolute Gasteiger partial charge is 0.259 e. The third-order valence-electron chi connectivity index (χ3n) is 5.30. The summed E-state index contributed by atoms with van der Waals surface area (Å²) < 4.78 is 19.8. The summed E-state index contributed by atoms with van der Waals surface area (Å²) in [6.45, 7) is 1.53. The van der Waals surface area contributed by atoms with Gasteiger partial charge in [0.05, 0.1) is 16.8 Å². The first-order valence-electron chi connectivity index (χ1n) is 9.84. The van der Waals surface area contributed by atoms with E-state index in [4.69, 9.17) is 9.83 Å². The average molecular weight is 537 g/mol. The van der Waals surface area contributed by atoms with E-state index in [9.17, 15) is 19.1 Å². The number of halogens is 3. The Bertz CT molecular complexity index is 1260. The summed E-state index contributed by atoms with van der Waals surface area (Å²) in [5.74, 6) is -1.50. The van der Waals surface area contributed by atoms with Crippen molar-refractivity contribution < 1.29 is 23.5 Å². The maximum Gasteiger partial charge on any atom is 0.259 e. The van der Waals surface area contributed by atoms with E-state index >= 15 is 0 Å². The molecule has 0 saturated carbocycles. The Morgan fingerprint density at radius 2 is 1.73 bits per heavy atom. The van der Waals surface area contributed by atoms with Crippen LogP contribution in [0.15, 0.2) is 63.7 Å². The van der Waals surface area contributed by atoms with Gasteiger partial charge in [-0.2, -0.15) is 0 Å². The van der Waals surface area contributed by atoms with Crippen molar-refractivity contribution in [2.75, 3.05) is 31.1 Å². The van der Waals surface area contributed by atoms with Crippen molar-refractivity contribution in [3.05, 3.63) is 87.3 Å². The molecular weight excluding hydrogens is 517 g/mol. The van der Waals surface area contributed by atoms with Crippen LogP contribution < -0.4 is 10.5 Å². The molecule has 7 nitrogen and oxygen atoms in total. The minimum Gasteiger partial charge on any atom is -0.507 e. The number of carbonyl (C=O) groups excluding carboxylic acids is 2. The minimum absolute atomic E-state index is 0. The molecule has 1 aliphatic heterocycles. The van der Waals surface area contributed by atoms with E-state index in [0.29, 0.717) is 36.3 Å². The lowest BCUT2D eigenvalue weighted by Crippen LogP contribution is -2.49. The quantitative estimate of drug-likeness (QED) is 0.492. The van der Waals surface area contributed by atoms with Gasteiger partial charge in [0.2, 0.25) is 5.55 Å². The molecule has 172 valence electrons. The Kier molecular flexibility index (Phi) is 7.55. The highest BCUT2D eigenvalue weighted by Crippen LogP contribution is 2.25. The highest BCUT2D eigenvalue weighted by molar-refractivity contribution is 9.10. The van der Waals surface area contributed by atoms with Crippen molar-refractivity contribution in [1.82, 2.24) is 4.90 Å². The van der Waals surface area contributed by atoms with Crippen LogP contribution in [0.3, 0.4) is 0 Å². The number of amides is 1. The molecule has 33 heavy (non-hydrogen) atoms. The first kappa shape index (κ1) is 24.5. The highest BCUT2D eigenvalue weighted by Gasteiger charge is 2.26. The standard InChI is InChI=1S/C23H19BrFN3O4.ClH/c24-15-5-6-20(29)16(12-15)21(30)14-11-17(22(26)32-13-14)23(31)28-9-7-27(8-10-28)19-4-2-1-3-18(19)25;/h1-6,11-13,26,29H,7-10H2;1H. The van der Waals surface area contributed by atoms with Gasteiger partial charge in [0, 0.05) is 30.7 Å². The van der Waals surface area contributed by atoms with Crippen LogP contribution in [0, 0.1) is 11.2 Å². The summed E-state index contributed by atoms with van der Waals surface area (Å²) in [4.78, 5) is 29.3. The molecule has 1 aliphatic rings. The van der Waals surface area contributed by atoms with Gasteiger partial charge in [0.15, 0.2) is 5.78 Å². The van der Waals surface area contributed by atoms with Crippen LogP contribution in [0.4, 0.5) is 10.1 Å². The van der Waals surface area contributed by atoms with Gasteiger partial charge < -0.3 is 19.3 Å². The van der Waals surface area contributed by atoms with Gasteiger partial charge in [-0.05, 0) is 36.4 Å². The number of para-hydroxylation sites is 1. The van der Waals surface area contributed by atoms with Gasteiger partial charge in [0.1, 0.15) is 23.4 Å². The molecule has 1 aromatic heterocycles. The van der Waals surface area contributed by atoms with Crippen LogP contribution in [0.5, 0.6) is 5.75 Å². The summed E-state index contributed by atoms with van der Waals surface area (Å²) in [7, 11) is 0. The van der Waals surface area contributed by atoms with Crippen molar-refractivity contribution in [1.29, 1.82) is 5.41 Å². The molecule has 0 atom stereocenters. The minimum atomic E-state index is -0.536. The van der Waals surface area contributed by atoms with Crippen LogP contribution in [-0.2, 0) is 0 Å². The topological polar surface area (TPSA) is 97.8 Å². The molecule has 3 aromatic rings. The SMILES string of the molecule is Cl.N=c1occ(C(=O)c2cc(Br)ccc2O)cc1C(=O)N1CCN(c2ccccc2F)CC1.